The fraction of sp³-hybridized carbons (Fsp3) is 0.188. The average Bonchev–Trinajstić information content (AvgIpc) is 2.39. The van der Waals surface area contributed by atoms with Gasteiger partial charge in [-0.25, -0.2) is 4.79 Å². The molecular formula is C16H18O2. The third-order valence-corrected chi connectivity index (χ3v) is 2.31. The molecule has 0 fully saturated rings. The van der Waals surface area contributed by atoms with E-state index in [1.807, 2.05) is 37.3 Å². The highest BCUT2D eigenvalue weighted by Gasteiger charge is 1.99. The molecule has 94 valence electrons. The maximum absolute atomic E-state index is 11.4. The lowest BCUT2D eigenvalue weighted by atomic mass is 10.2. The van der Waals surface area contributed by atoms with Crippen LogP contribution in [0.25, 0.3) is 0 Å². The van der Waals surface area contributed by atoms with Crippen LogP contribution in [0.15, 0.2) is 60.7 Å². The highest BCUT2D eigenvalue weighted by molar-refractivity contribution is 5.84. The Hall–Kier alpha value is -2.09. The van der Waals surface area contributed by atoms with E-state index in [1.54, 1.807) is 24.3 Å². The molecule has 0 aliphatic carbocycles. The second kappa shape index (κ2) is 8.07. The molecule has 0 unspecified atom stereocenters. The third-order valence-electron chi connectivity index (χ3n) is 2.31. The number of carbonyl (C=O) groups excluding carboxylic acids is 1. The van der Waals surface area contributed by atoms with Crippen molar-refractivity contribution in [1.29, 1.82) is 0 Å². The number of esters is 1. The normalized spacial score (nSPS) is 11.7. The van der Waals surface area contributed by atoms with Crippen molar-refractivity contribution in [2.45, 2.75) is 20.3 Å². The van der Waals surface area contributed by atoms with E-state index < -0.39 is 0 Å². The molecule has 1 rings (SSSR count). The zero-order chi connectivity index (χ0) is 13.2. The van der Waals surface area contributed by atoms with Crippen molar-refractivity contribution in [3.63, 3.8) is 0 Å². The fourth-order valence-corrected chi connectivity index (χ4v) is 1.32. The molecule has 18 heavy (non-hydrogen) atoms. The van der Waals surface area contributed by atoms with Gasteiger partial charge >= 0.3 is 5.97 Å². The molecule has 0 saturated carbocycles. The van der Waals surface area contributed by atoms with Gasteiger partial charge in [-0.15, -0.1) is 0 Å². The van der Waals surface area contributed by atoms with Gasteiger partial charge in [0, 0.05) is 6.08 Å². The summed E-state index contributed by atoms with van der Waals surface area (Å²) < 4.78 is 5.14. The van der Waals surface area contributed by atoms with E-state index in [0.29, 0.717) is 5.75 Å². The zero-order valence-electron chi connectivity index (χ0n) is 10.8. The van der Waals surface area contributed by atoms with Crippen molar-refractivity contribution in [2.24, 2.45) is 0 Å². The predicted octanol–water partition coefficient (Wildman–Crippen LogP) is 3.84. The van der Waals surface area contributed by atoms with Crippen LogP contribution in [0.4, 0.5) is 0 Å². The van der Waals surface area contributed by atoms with Crippen LogP contribution in [0.2, 0.25) is 0 Å². The largest absolute Gasteiger partial charge is 0.423 e. The topological polar surface area (TPSA) is 26.3 Å². The Morgan fingerprint density at radius 2 is 1.78 bits per heavy atom. The first kappa shape index (κ1) is 14.0. The number of benzene rings is 1. The van der Waals surface area contributed by atoms with Crippen molar-refractivity contribution in [3.8, 4) is 5.75 Å². The minimum Gasteiger partial charge on any atom is -0.423 e. The first-order valence-corrected chi connectivity index (χ1v) is 6.03. The summed E-state index contributed by atoms with van der Waals surface area (Å²) in [5.41, 5.74) is 1.22. The summed E-state index contributed by atoms with van der Waals surface area (Å²) in [6.07, 6.45) is 11.5. The van der Waals surface area contributed by atoms with Crippen LogP contribution < -0.4 is 4.74 Å². The smallest absolute Gasteiger partial charge is 0.336 e. The molecule has 0 atom stereocenters. The number of hydrogen-bond acceptors (Lipinski definition) is 2. The predicted molar refractivity (Wildman–Crippen MR) is 74.5 cm³/mol. The Morgan fingerprint density at radius 1 is 1.11 bits per heavy atom. The average molecular weight is 242 g/mol. The van der Waals surface area contributed by atoms with E-state index in [4.69, 9.17) is 4.74 Å². The quantitative estimate of drug-likeness (QED) is 0.339. The number of hydrogen-bond donors (Lipinski definition) is 0. The third kappa shape index (κ3) is 5.30. The van der Waals surface area contributed by atoms with Crippen molar-refractivity contribution in [1.82, 2.24) is 0 Å². The summed E-state index contributed by atoms with van der Waals surface area (Å²) >= 11 is 0. The van der Waals surface area contributed by atoms with Gasteiger partial charge in [0.2, 0.25) is 0 Å². The van der Waals surface area contributed by atoms with Gasteiger partial charge in [-0.05, 0) is 31.0 Å². The lowest BCUT2D eigenvalue weighted by molar-refractivity contribution is -0.128. The number of carbonyl (C=O) groups is 1. The molecule has 0 aliphatic rings. The minimum absolute atomic E-state index is 0.371. The van der Waals surface area contributed by atoms with Crippen molar-refractivity contribution in [3.05, 3.63) is 66.3 Å². The molecule has 0 heterocycles. The molecule has 0 bridgehead atoms. The molecule has 0 aromatic heterocycles. The number of allylic oxidation sites excluding steroid dienone is 5. The van der Waals surface area contributed by atoms with E-state index in [1.165, 1.54) is 11.6 Å². The van der Waals surface area contributed by atoms with Crippen LogP contribution in [-0.4, -0.2) is 5.97 Å². The molecule has 0 saturated heterocycles. The summed E-state index contributed by atoms with van der Waals surface area (Å²) in [4.78, 5) is 11.4. The molecule has 0 spiro atoms. The Balaban J connectivity index is 2.48. The van der Waals surface area contributed by atoms with Gasteiger partial charge in [-0.3, -0.25) is 0 Å². The van der Waals surface area contributed by atoms with E-state index in [-0.39, 0.29) is 5.97 Å². The highest BCUT2D eigenvalue weighted by Crippen LogP contribution is 2.12. The molecule has 0 amide bonds. The maximum atomic E-state index is 11.4. The Kier molecular flexibility index (Phi) is 6.26. The van der Waals surface area contributed by atoms with Gasteiger partial charge in [0.25, 0.3) is 0 Å². The van der Waals surface area contributed by atoms with Crippen LogP contribution in [-0.2, 0) is 11.2 Å². The molecular weight excluding hydrogens is 224 g/mol. The summed E-state index contributed by atoms with van der Waals surface area (Å²) in [6.45, 7) is 4.02. The Morgan fingerprint density at radius 3 is 2.39 bits per heavy atom. The standard InChI is InChI=1S/C16H18O2/c1-3-5-6-7-8-9-16(17)18-15-12-10-14(4-2)11-13-15/h3,5-13H,4H2,1-2H3/b5-3-,7-6-,9-8+. The van der Waals surface area contributed by atoms with Crippen molar-refractivity contribution < 1.29 is 9.53 Å². The molecule has 1 aromatic carbocycles. The molecule has 0 radical (unpaired) electrons. The van der Waals surface area contributed by atoms with E-state index in [2.05, 4.69) is 6.92 Å². The molecule has 0 N–H and O–H groups in total. The van der Waals surface area contributed by atoms with Gasteiger partial charge < -0.3 is 4.74 Å². The van der Waals surface area contributed by atoms with Crippen molar-refractivity contribution in [2.75, 3.05) is 0 Å². The minimum atomic E-state index is -0.371. The fourth-order valence-electron chi connectivity index (χ4n) is 1.32. The molecule has 0 aliphatic heterocycles. The summed E-state index contributed by atoms with van der Waals surface area (Å²) in [5.74, 6) is 0.198. The number of ether oxygens (including phenoxy) is 1. The van der Waals surface area contributed by atoms with Crippen LogP contribution in [0.5, 0.6) is 5.75 Å². The van der Waals surface area contributed by atoms with E-state index in [0.717, 1.165) is 6.42 Å². The lowest BCUT2D eigenvalue weighted by Gasteiger charge is -2.01. The van der Waals surface area contributed by atoms with Gasteiger partial charge in [-0.1, -0.05) is 49.4 Å². The van der Waals surface area contributed by atoms with E-state index in [9.17, 15) is 4.79 Å². The first-order valence-electron chi connectivity index (χ1n) is 6.03. The molecule has 2 heteroatoms. The summed E-state index contributed by atoms with van der Waals surface area (Å²) in [7, 11) is 0. The van der Waals surface area contributed by atoms with Crippen LogP contribution in [0, 0.1) is 0 Å². The van der Waals surface area contributed by atoms with E-state index >= 15 is 0 Å². The lowest BCUT2D eigenvalue weighted by Crippen LogP contribution is -2.03. The summed E-state index contributed by atoms with van der Waals surface area (Å²) in [6, 6.07) is 7.52. The Labute approximate surface area is 108 Å². The maximum Gasteiger partial charge on any atom is 0.336 e. The van der Waals surface area contributed by atoms with Crippen molar-refractivity contribution >= 4 is 5.97 Å². The second-order valence-corrected chi connectivity index (χ2v) is 3.69. The van der Waals surface area contributed by atoms with Crippen LogP contribution in [0.1, 0.15) is 19.4 Å². The molecule has 2 nitrogen and oxygen atoms in total. The first-order chi connectivity index (χ1) is 8.76. The van der Waals surface area contributed by atoms with Crippen LogP contribution >= 0.6 is 0 Å². The SMILES string of the molecule is C\C=C/C=C\C=C\C(=O)Oc1ccc(CC)cc1. The van der Waals surface area contributed by atoms with Gasteiger partial charge in [0.15, 0.2) is 0 Å². The second-order valence-electron chi connectivity index (χ2n) is 3.69. The Bertz CT molecular complexity index is 450. The number of rotatable bonds is 5. The van der Waals surface area contributed by atoms with Crippen LogP contribution in [0.3, 0.4) is 0 Å². The molecule has 1 aromatic rings. The number of aryl methyl sites for hydroxylation is 1. The zero-order valence-corrected chi connectivity index (χ0v) is 10.8. The van der Waals surface area contributed by atoms with Gasteiger partial charge in [0.05, 0.1) is 0 Å². The highest BCUT2D eigenvalue weighted by atomic mass is 16.5. The van der Waals surface area contributed by atoms with Gasteiger partial charge in [-0.2, -0.15) is 0 Å². The van der Waals surface area contributed by atoms with Gasteiger partial charge in [0.1, 0.15) is 5.75 Å². The monoisotopic (exact) mass is 242 g/mol. The summed E-state index contributed by atoms with van der Waals surface area (Å²) in [5, 5.41) is 0.